The van der Waals surface area contributed by atoms with Gasteiger partial charge in [-0.15, -0.1) is 0 Å². The van der Waals surface area contributed by atoms with E-state index >= 15 is 0 Å². The lowest BCUT2D eigenvalue weighted by molar-refractivity contribution is -0.138. The van der Waals surface area contributed by atoms with Gasteiger partial charge in [0, 0.05) is 32.2 Å². The van der Waals surface area contributed by atoms with E-state index in [0.717, 1.165) is 32.2 Å². The molecule has 3 heterocycles. The van der Waals surface area contributed by atoms with E-state index in [-0.39, 0.29) is 6.04 Å². The van der Waals surface area contributed by atoms with Gasteiger partial charge in [-0.3, -0.25) is 9.69 Å². The van der Waals surface area contributed by atoms with Crippen molar-refractivity contribution < 1.29 is 4.79 Å². The van der Waals surface area contributed by atoms with Crippen molar-refractivity contribution in [3.63, 3.8) is 0 Å². The molecule has 0 aromatic carbocycles. The molecular weight excluding hydrogens is 274 g/mol. The molecule has 0 aromatic rings. The van der Waals surface area contributed by atoms with Crippen molar-refractivity contribution in [3.8, 4) is 0 Å². The largest absolute Gasteiger partial charge is 0.341 e. The smallest absolute Gasteiger partial charge is 0.239 e. The maximum absolute atomic E-state index is 12.7. The Kier molecular flexibility index (Phi) is 5.75. The summed E-state index contributed by atoms with van der Waals surface area (Å²) in [6.07, 6.45) is 10.3. The Balaban J connectivity index is 1.46. The third kappa shape index (κ3) is 3.83. The van der Waals surface area contributed by atoms with Crippen molar-refractivity contribution in [1.29, 1.82) is 0 Å². The zero-order valence-corrected chi connectivity index (χ0v) is 14.3. The summed E-state index contributed by atoms with van der Waals surface area (Å²) in [6, 6.07) is 0.856. The van der Waals surface area contributed by atoms with Crippen LogP contribution in [0.5, 0.6) is 0 Å². The molecule has 3 fully saturated rings. The Morgan fingerprint density at radius 3 is 1.95 bits per heavy atom. The molecule has 3 aliphatic heterocycles. The summed E-state index contributed by atoms with van der Waals surface area (Å²) in [6.45, 7) is 8.88. The van der Waals surface area contributed by atoms with Crippen LogP contribution in [0.2, 0.25) is 0 Å². The summed E-state index contributed by atoms with van der Waals surface area (Å²) in [5, 5.41) is 0. The quantitative estimate of drug-likeness (QED) is 0.801. The van der Waals surface area contributed by atoms with Gasteiger partial charge >= 0.3 is 0 Å². The van der Waals surface area contributed by atoms with Crippen molar-refractivity contribution >= 4 is 5.91 Å². The first kappa shape index (κ1) is 16.3. The van der Waals surface area contributed by atoms with E-state index in [4.69, 9.17) is 0 Å². The first-order valence-corrected chi connectivity index (χ1v) is 9.52. The minimum Gasteiger partial charge on any atom is -0.341 e. The van der Waals surface area contributed by atoms with Gasteiger partial charge < -0.3 is 9.80 Å². The minimum absolute atomic E-state index is 0.0837. The lowest BCUT2D eigenvalue weighted by Crippen LogP contribution is -2.53. The average Bonchev–Trinajstić information content (AvgIpc) is 2.62. The second kappa shape index (κ2) is 7.78. The summed E-state index contributed by atoms with van der Waals surface area (Å²) in [5.74, 6) is 0.371. The fourth-order valence-electron chi connectivity index (χ4n) is 4.46. The molecule has 0 aliphatic carbocycles. The zero-order valence-electron chi connectivity index (χ0n) is 14.3. The zero-order chi connectivity index (χ0) is 15.4. The van der Waals surface area contributed by atoms with E-state index in [0.29, 0.717) is 5.91 Å². The topological polar surface area (TPSA) is 26.8 Å². The highest BCUT2D eigenvalue weighted by molar-refractivity contribution is 5.81. The third-order valence-electron chi connectivity index (χ3n) is 5.98. The number of amides is 1. The normalized spacial score (nSPS) is 27.8. The van der Waals surface area contributed by atoms with Crippen LogP contribution in [0.25, 0.3) is 0 Å². The molecule has 0 aromatic heterocycles. The maximum atomic E-state index is 12.7. The molecule has 0 unspecified atom stereocenters. The number of nitrogens with zero attached hydrogens (tertiary/aromatic N) is 3. The van der Waals surface area contributed by atoms with Crippen LogP contribution in [0.15, 0.2) is 0 Å². The molecule has 3 rings (SSSR count). The van der Waals surface area contributed by atoms with Crippen LogP contribution in [0.3, 0.4) is 0 Å². The van der Waals surface area contributed by atoms with E-state index in [1.54, 1.807) is 0 Å². The summed E-state index contributed by atoms with van der Waals surface area (Å²) in [7, 11) is 0. The van der Waals surface area contributed by atoms with Crippen LogP contribution in [-0.4, -0.2) is 72.0 Å². The summed E-state index contributed by atoms with van der Waals surface area (Å²) in [5.41, 5.74) is 0. The molecule has 126 valence electrons. The lowest BCUT2D eigenvalue weighted by Gasteiger charge is -2.42. The van der Waals surface area contributed by atoms with E-state index in [2.05, 4.69) is 21.6 Å². The standard InChI is InChI=1S/C18H33N3O/c1-16(18(22)21-12-6-3-7-13-21)19-14-8-17(9-15-19)20-10-4-2-5-11-20/h16-17H,2-15H2,1H3/t16-/m0/s1. The molecule has 0 radical (unpaired) electrons. The highest BCUT2D eigenvalue weighted by atomic mass is 16.2. The van der Waals surface area contributed by atoms with E-state index in [1.807, 2.05) is 0 Å². The van der Waals surface area contributed by atoms with E-state index < -0.39 is 0 Å². The highest BCUT2D eigenvalue weighted by Crippen LogP contribution is 2.22. The van der Waals surface area contributed by atoms with Gasteiger partial charge in [-0.2, -0.15) is 0 Å². The van der Waals surface area contributed by atoms with Crippen LogP contribution in [0.4, 0.5) is 0 Å². The van der Waals surface area contributed by atoms with Crippen LogP contribution >= 0.6 is 0 Å². The molecule has 0 saturated carbocycles. The Morgan fingerprint density at radius 1 is 0.818 bits per heavy atom. The third-order valence-corrected chi connectivity index (χ3v) is 5.98. The molecule has 1 atom stereocenters. The van der Waals surface area contributed by atoms with Crippen LogP contribution in [0, 0.1) is 0 Å². The molecular formula is C18H33N3O. The molecule has 22 heavy (non-hydrogen) atoms. The van der Waals surface area contributed by atoms with Gasteiger partial charge in [0.15, 0.2) is 0 Å². The molecule has 0 spiro atoms. The van der Waals surface area contributed by atoms with Gasteiger partial charge in [0.25, 0.3) is 0 Å². The molecule has 1 amide bonds. The van der Waals surface area contributed by atoms with Crippen LogP contribution in [0.1, 0.15) is 58.3 Å². The fourth-order valence-corrected chi connectivity index (χ4v) is 4.46. The lowest BCUT2D eigenvalue weighted by atomic mass is 9.98. The van der Waals surface area contributed by atoms with E-state index in [1.165, 1.54) is 64.5 Å². The predicted molar refractivity (Wildman–Crippen MR) is 89.9 cm³/mol. The fraction of sp³-hybridized carbons (Fsp3) is 0.944. The second-order valence-corrected chi connectivity index (χ2v) is 7.43. The van der Waals surface area contributed by atoms with Gasteiger partial charge in [-0.05, 0) is 65.0 Å². The number of carbonyl (C=O) groups is 1. The molecule has 3 saturated heterocycles. The summed E-state index contributed by atoms with van der Waals surface area (Å²) >= 11 is 0. The van der Waals surface area contributed by atoms with Crippen molar-refractivity contribution in [2.75, 3.05) is 39.3 Å². The van der Waals surface area contributed by atoms with Gasteiger partial charge in [-0.25, -0.2) is 0 Å². The number of likely N-dealkylation sites (tertiary alicyclic amines) is 3. The van der Waals surface area contributed by atoms with E-state index in [9.17, 15) is 4.79 Å². The molecule has 0 bridgehead atoms. The van der Waals surface area contributed by atoms with Crippen molar-refractivity contribution in [2.24, 2.45) is 0 Å². The maximum Gasteiger partial charge on any atom is 0.239 e. The van der Waals surface area contributed by atoms with Gasteiger partial charge in [0.05, 0.1) is 6.04 Å². The monoisotopic (exact) mass is 307 g/mol. The van der Waals surface area contributed by atoms with Crippen molar-refractivity contribution in [3.05, 3.63) is 0 Å². The molecule has 0 N–H and O–H groups in total. The first-order chi connectivity index (χ1) is 10.8. The summed E-state index contributed by atoms with van der Waals surface area (Å²) in [4.78, 5) is 19.9. The van der Waals surface area contributed by atoms with Crippen molar-refractivity contribution in [2.45, 2.75) is 70.4 Å². The van der Waals surface area contributed by atoms with Crippen LogP contribution < -0.4 is 0 Å². The minimum atomic E-state index is 0.0837. The Bertz CT molecular complexity index is 353. The predicted octanol–water partition coefficient (Wildman–Crippen LogP) is 2.34. The van der Waals surface area contributed by atoms with Gasteiger partial charge in [-0.1, -0.05) is 6.42 Å². The Hall–Kier alpha value is -0.610. The Labute approximate surface area is 135 Å². The summed E-state index contributed by atoms with van der Waals surface area (Å²) < 4.78 is 0. The Morgan fingerprint density at radius 2 is 1.36 bits per heavy atom. The van der Waals surface area contributed by atoms with Gasteiger partial charge in [0.2, 0.25) is 5.91 Å². The van der Waals surface area contributed by atoms with Crippen molar-refractivity contribution in [1.82, 2.24) is 14.7 Å². The molecule has 4 nitrogen and oxygen atoms in total. The number of carbonyl (C=O) groups excluding carboxylic acids is 1. The average molecular weight is 307 g/mol. The molecule has 4 heteroatoms. The van der Waals surface area contributed by atoms with Crippen LogP contribution in [-0.2, 0) is 4.79 Å². The highest BCUT2D eigenvalue weighted by Gasteiger charge is 2.31. The number of hydrogen-bond acceptors (Lipinski definition) is 3. The number of piperidine rings is 3. The SMILES string of the molecule is C[C@@H](C(=O)N1CCCCC1)N1CCC(N2CCCCC2)CC1. The number of hydrogen-bond donors (Lipinski definition) is 0. The molecule has 3 aliphatic rings. The second-order valence-electron chi connectivity index (χ2n) is 7.43. The van der Waals surface area contributed by atoms with Gasteiger partial charge in [0.1, 0.15) is 0 Å². The first-order valence-electron chi connectivity index (χ1n) is 9.52. The number of rotatable bonds is 3.